The third-order valence-electron chi connectivity index (χ3n) is 3.42. The van der Waals surface area contributed by atoms with E-state index in [0.29, 0.717) is 12.0 Å². The lowest BCUT2D eigenvalue weighted by Gasteiger charge is -2.29. The fraction of sp³-hybridized carbons (Fsp3) is 0.571. The van der Waals surface area contributed by atoms with Crippen molar-refractivity contribution in [2.75, 3.05) is 25.5 Å². The van der Waals surface area contributed by atoms with Crippen LogP contribution in [0.4, 0.5) is 10.1 Å². The molecular weight excluding hydrogens is 215 g/mol. The Hall–Kier alpha value is -1.09. The molecule has 2 unspecified atom stereocenters. The molecule has 2 nitrogen and oxygen atoms in total. The van der Waals surface area contributed by atoms with Gasteiger partial charge in [0.1, 0.15) is 5.82 Å². The van der Waals surface area contributed by atoms with Gasteiger partial charge in [0, 0.05) is 25.3 Å². The maximum Gasteiger partial charge on any atom is 0.125 e. The first-order chi connectivity index (χ1) is 8.08. The summed E-state index contributed by atoms with van der Waals surface area (Å²) < 4.78 is 13.1. The molecule has 0 aromatic heterocycles. The van der Waals surface area contributed by atoms with Gasteiger partial charge in [0.05, 0.1) is 0 Å². The highest BCUT2D eigenvalue weighted by atomic mass is 19.1. The molecule has 0 aliphatic heterocycles. The lowest BCUT2D eigenvalue weighted by molar-refractivity contribution is 0.391. The van der Waals surface area contributed by atoms with Crippen LogP contribution in [0, 0.1) is 11.7 Å². The minimum absolute atomic E-state index is 0.182. The number of benzene rings is 1. The summed E-state index contributed by atoms with van der Waals surface area (Å²) in [4.78, 5) is 2.09. The van der Waals surface area contributed by atoms with Crippen molar-refractivity contribution in [1.82, 2.24) is 5.32 Å². The Morgan fingerprint density at radius 3 is 2.65 bits per heavy atom. The molecule has 0 amide bonds. The first-order valence-electron chi connectivity index (χ1n) is 6.22. The number of likely N-dealkylation sites (N-methyl/N-ethyl adjacent to an activating group) is 2. The molecular formula is C14H23FN2. The molecule has 3 heteroatoms. The van der Waals surface area contributed by atoms with Crippen molar-refractivity contribution in [2.24, 2.45) is 5.92 Å². The number of halogens is 1. The maximum absolute atomic E-state index is 13.1. The molecule has 1 aromatic rings. The summed E-state index contributed by atoms with van der Waals surface area (Å²) in [6.45, 7) is 5.31. The lowest BCUT2D eigenvalue weighted by Crippen LogP contribution is -2.42. The van der Waals surface area contributed by atoms with E-state index in [1.807, 2.05) is 20.2 Å². The van der Waals surface area contributed by atoms with Crippen molar-refractivity contribution < 1.29 is 4.39 Å². The first-order valence-corrected chi connectivity index (χ1v) is 6.22. The van der Waals surface area contributed by atoms with E-state index >= 15 is 0 Å². The van der Waals surface area contributed by atoms with Crippen molar-refractivity contribution in [3.63, 3.8) is 0 Å². The van der Waals surface area contributed by atoms with Gasteiger partial charge >= 0.3 is 0 Å². The lowest BCUT2D eigenvalue weighted by atomic mass is 9.99. The van der Waals surface area contributed by atoms with Crippen LogP contribution in [0.2, 0.25) is 0 Å². The molecule has 0 spiro atoms. The van der Waals surface area contributed by atoms with Crippen LogP contribution in [0.15, 0.2) is 24.3 Å². The molecule has 96 valence electrons. The largest absolute Gasteiger partial charge is 0.373 e. The smallest absolute Gasteiger partial charge is 0.125 e. The second kappa shape index (κ2) is 6.60. The molecule has 1 aromatic carbocycles. The number of hydrogen-bond donors (Lipinski definition) is 1. The molecule has 0 bridgehead atoms. The van der Waals surface area contributed by atoms with Crippen LogP contribution in [-0.4, -0.2) is 26.7 Å². The average molecular weight is 238 g/mol. The molecule has 0 saturated carbocycles. The minimum Gasteiger partial charge on any atom is -0.373 e. The fourth-order valence-corrected chi connectivity index (χ4v) is 1.95. The molecule has 0 saturated heterocycles. The zero-order valence-electron chi connectivity index (χ0n) is 11.2. The van der Waals surface area contributed by atoms with Crippen LogP contribution < -0.4 is 10.2 Å². The summed E-state index contributed by atoms with van der Waals surface area (Å²) in [6, 6.07) is 7.16. The van der Waals surface area contributed by atoms with Crippen molar-refractivity contribution in [2.45, 2.75) is 26.3 Å². The van der Waals surface area contributed by atoms with Gasteiger partial charge in [-0.25, -0.2) is 4.39 Å². The van der Waals surface area contributed by atoms with Gasteiger partial charge in [-0.15, -0.1) is 0 Å². The summed E-state index contributed by atoms with van der Waals surface area (Å²) >= 11 is 0. The van der Waals surface area contributed by atoms with Gasteiger partial charge in [-0.1, -0.05) is 26.3 Å². The van der Waals surface area contributed by atoms with Gasteiger partial charge < -0.3 is 10.2 Å². The van der Waals surface area contributed by atoms with Gasteiger partial charge in [-0.2, -0.15) is 0 Å². The number of rotatable bonds is 6. The third kappa shape index (κ3) is 4.00. The highest BCUT2D eigenvalue weighted by Gasteiger charge is 2.16. The molecule has 2 atom stereocenters. The van der Waals surface area contributed by atoms with Crippen LogP contribution >= 0.6 is 0 Å². The summed E-state index contributed by atoms with van der Waals surface area (Å²) in [6.07, 6.45) is 1.14. The number of anilines is 1. The van der Waals surface area contributed by atoms with Gasteiger partial charge in [-0.05, 0) is 31.2 Å². The first kappa shape index (κ1) is 14.0. The summed E-state index contributed by atoms with van der Waals surface area (Å²) in [5.41, 5.74) is 0.925. The van der Waals surface area contributed by atoms with E-state index in [9.17, 15) is 4.39 Å². The van der Waals surface area contributed by atoms with E-state index in [1.54, 1.807) is 12.1 Å². The maximum atomic E-state index is 13.1. The average Bonchev–Trinajstić information content (AvgIpc) is 2.34. The zero-order valence-corrected chi connectivity index (χ0v) is 11.2. The van der Waals surface area contributed by atoms with Crippen molar-refractivity contribution in [3.8, 4) is 0 Å². The van der Waals surface area contributed by atoms with Crippen molar-refractivity contribution in [3.05, 3.63) is 30.1 Å². The van der Waals surface area contributed by atoms with E-state index in [4.69, 9.17) is 0 Å². The minimum atomic E-state index is -0.182. The molecule has 1 rings (SSSR count). The Labute approximate surface area is 104 Å². The van der Waals surface area contributed by atoms with Gasteiger partial charge in [0.2, 0.25) is 0 Å². The van der Waals surface area contributed by atoms with Crippen LogP contribution in [0.25, 0.3) is 0 Å². The van der Waals surface area contributed by atoms with E-state index < -0.39 is 0 Å². The fourth-order valence-electron chi connectivity index (χ4n) is 1.95. The molecule has 0 heterocycles. The zero-order chi connectivity index (χ0) is 12.8. The molecule has 17 heavy (non-hydrogen) atoms. The van der Waals surface area contributed by atoms with E-state index in [-0.39, 0.29) is 5.82 Å². The topological polar surface area (TPSA) is 15.3 Å². The number of nitrogens with one attached hydrogen (secondary N) is 1. The highest BCUT2D eigenvalue weighted by molar-refractivity contribution is 5.45. The third-order valence-corrected chi connectivity index (χ3v) is 3.42. The quantitative estimate of drug-likeness (QED) is 0.820. The predicted octanol–water partition coefficient (Wildman–Crippen LogP) is 2.90. The predicted molar refractivity (Wildman–Crippen MR) is 72.0 cm³/mol. The van der Waals surface area contributed by atoms with Crippen LogP contribution in [-0.2, 0) is 0 Å². The van der Waals surface area contributed by atoms with Crippen LogP contribution in [0.1, 0.15) is 20.3 Å². The van der Waals surface area contributed by atoms with Gasteiger partial charge in [0.25, 0.3) is 0 Å². The normalized spacial score (nSPS) is 14.4. The molecule has 1 N–H and O–H groups in total. The Morgan fingerprint density at radius 2 is 2.12 bits per heavy atom. The molecule has 0 fully saturated rings. The van der Waals surface area contributed by atoms with E-state index in [2.05, 4.69) is 24.1 Å². The highest BCUT2D eigenvalue weighted by Crippen LogP contribution is 2.16. The Kier molecular flexibility index (Phi) is 5.42. The van der Waals surface area contributed by atoms with Crippen molar-refractivity contribution >= 4 is 5.69 Å². The second-order valence-corrected chi connectivity index (χ2v) is 4.64. The Morgan fingerprint density at radius 1 is 1.41 bits per heavy atom. The monoisotopic (exact) mass is 238 g/mol. The SMILES string of the molecule is CCC(C)C(CN(C)c1cccc(F)c1)NC. The van der Waals surface area contributed by atoms with E-state index in [1.165, 1.54) is 6.07 Å². The summed E-state index contributed by atoms with van der Waals surface area (Å²) in [5.74, 6) is 0.426. The molecule has 0 aliphatic carbocycles. The molecule has 0 radical (unpaired) electrons. The number of hydrogen-bond acceptors (Lipinski definition) is 2. The second-order valence-electron chi connectivity index (χ2n) is 4.64. The van der Waals surface area contributed by atoms with Crippen molar-refractivity contribution in [1.29, 1.82) is 0 Å². The summed E-state index contributed by atoms with van der Waals surface area (Å²) in [5, 5.41) is 3.33. The van der Waals surface area contributed by atoms with Crippen LogP contribution in [0.3, 0.4) is 0 Å². The van der Waals surface area contributed by atoms with Gasteiger partial charge in [0.15, 0.2) is 0 Å². The Bertz CT molecular complexity index is 341. The van der Waals surface area contributed by atoms with E-state index in [0.717, 1.165) is 18.7 Å². The molecule has 0 aliphatic rings. The number of nitrogens with zero attached hydrogens (tertiary/aromatic N) is 1. The Balaban J connectivity index is 2.67. The van der Waals surface area contributed by atoms with Gasteiger partial charge in [-0.3, -0.25) is 0 Å². The standard InChI is InChI=1S/C14H23FN2/c1-5-11(2)14(16-3)10-17(4)13-8-6-7-12(15)9-13/h6-9,11,14,16H,5,10H2,1-4H3. The summed E-state index contributed by atoms with van der Waals surface area (Å²) in [7, 11) is 3.98. The van der Waals surface area contributed by atoms with Crippen LogP contribution in [0.5, 0.6) is 0 Å².